The molecule has 1 aliphatic rings. The number of nitrogens with one attached hydrogen (secondary N) is 1. The van der Waals surface area contributed by atoms with Gasteiger partial charge in [0.1, 0.15) is 5.41 Å². The molecule has 22 heavy (non-hydrogen) atoms. The smallest absolute Gasteiger partial charge is 0.237 e. The van der Waals surface area contributed by atoms with Crippen LogP contribution >= 0.6 is 11.6 Å². The standard InChI is InChI=1S/C17H23ClN2O2/c1-17(2,16(22)20-10-4-3-5-11-20)15(21)19-12-13-6-8-14(18)9-7-13/h6-9H,3-5,10-12H2,1-2H3,(H,19,21). The van der Waals surface area contributed by atoms with Crippen molar-refractivity contribution in [2.45, 2.75) is 39.7 Å². The number of piperidine rings is 1. The summed E-state index contributed by atoms with van der Waals surface area (Å²) in [6.07, 6.45) is 3.20. The van der Waals surface area contributed by atoms with Crippen molar-refractivity contribution in [3.05, 3.63) is 34.9 Å². The van der Waals surface area contributed by atoms with Gasteiger partial charge in [-0.05, 0) is 50.8 Å². The quantitative estimate of drug-likeness (QED) is 0.866. The van der Waals surface area contributed by atoms with Gasteiger partial charge in [0, 0.05) is 24.7 Å². The maximum atomic E-state index is 12.6. The summed E-state index contributed by atoms with van der Waals surface area (Å²) >= 11 is 5.84. The van der Waals surface area contributed by atoms with Gasteiger partial charge in [0.2, 0.25) is 11.8 Å². The molecule has 0 radical (unpaired) electrons. The minimum absolute atomic E-state index is 0.0826. The zero-order valence-electron chi connectivity index (χ0n) is 13.2. The average molecular weight is 323 g/mol. The molecule has 0 unspecified atom stereocenters. The Morgan fingerprint density at radius 2 is 1.73 bits per heavy atom. The third-order valence-electron chi connectivity index (χ3n) is 4.11. The van der Waals surface area contributed by atoms with Gasteiger partial charge in [0.15, 0.2) is 0 Å². The molecule has 1 aliphatic heterocycles. The van der Waals surface area contributed by atoms with E-state index < -0.39 is 5.41 Å². The van der Waals surface area contributed by atoms with Crippen LogP contribution in [0, 0.1) is 5.41 Å². The van der Waals surface area contributed by atoms with Crippen LogP contribution in [0.3, 0.4) is 0 Å². The number of halogens is 1. The van der Waals surface area contributed by atoms with E-state index in [0.717, 1.165) is 37.9 Å². The lowest BCUT2D eigenvalue weighted by molar-refractivity contribution is -0.149. The molecule has 4 nitrogen and oxygen atoms in total. The van der Waals surface area contributed by atoms with E-state index in [2.05, 4.69) is 5.32 Å². The number of carbonyl (C=O) groups is 2. The predicted molar refractivity (Wildman–Crippen MR) is 87.5 cm³/mol. The van der Waals surface area contributed by atoms with E-state index in [1.807, 2.05) is 17.0 Å². The average Bonchev–Trinajstić information content (AvgIpc) is 2.54. The van der Waals surface area contributed by atoms with Crippen LogP contribution in [0.15, 0.2) is 24.3 Å². The van der Waals surface area contributed by atoms with Gasteiger partial charge < -0.3 is 10.2 Å². The number of rotatable bonds is 4. The highest BCUT2D eigenvalue weighted by atomic mass is 35.5. The molecule has 0 bridgehead atoms. The number of hydrogen-bond donors (Lipinski definition) is 1. The van der Waals surface area contributed by atoms with Crippen molar-refractivity contribution in [2.75, 3.05) is 13.1 Å². The topological polar surface area (TPSA) is 49.4 Å². The van der Waals surface area contributed by atoms with Crippen molar-refractivity contribution in [3.63, 3.8) is 0 Å². The van der Waals surface area contributed by atoms with Crippen LogP contribution in [-0.2, 0) is 16.1 Å². The van der Waals surface area contributed by atoms with Gasteiger partial charge in [-0.1, -0.05) is 23.7 Å². The van der Waals surface area contributed by atoms with Crippen LogP contribution in [0.5, 0.6) is 0 Å². The van der Waals surface area contributed by atoms with Gasteiger partial charge in [-0.2, -0.15) is 0 Å². The molecule has 1 fully saturated rings. The Balaban J connectivity index is 1.94. The third-order valence-corrected chi connectivity index (χ3v) is 4.36. The van der Waals surface area contributed by atoms with E-state index >= 15 is 0 Å². The SMILES string of the molecule is CC(C)(C(=O)NCc1ccc(Cl)cc1)C(=O)N1CCCCC1. The summed E-state index contributed by atoms with van der Waals surface area (Å²) in [7, 11) is 0. The summed E-state index contributed by atoms with van der Waals surface area (Å²) in [6.45, 7) is 5.30. The fraction of sp³-hybridized carbons (Fsp3) is 0.529. The Labute approximate surface area is 136 Å². The molecule has 1 N–H and O–H groups in total. The van der Waals surface area contributed by atoms with Crippen LogP contribution in [0.4, 0.5) is 0 Å². The lowest BCUT2D eigenvalue weighted by atomic mass is 9.89. The zero-order chi connectivity index (χ0) is 16.2. The number of nitrogens with zero attached hydrogens (tertiary/aromatic N) is 1. The van der Waals surface area contributed by atoms with Crippen molar-refractivity contribution in [2.24, 2.45) is 5.41 Å². The van der Waals surface area contributed by atoms with Gasteiger partial charge in [-0.3, -0.25) is 9.59 Å². The Kier molecular flexibility index (Phi) is 5.46. The lowest BCUT2D eigenvalue weighted by Gasteiger charge is -2.33. The number of benzene rings is 1. The van der Waals surface area contributed by atoms with E-state index in [-0.39, 0.29) is 11.8 Å². The van der Waals surface area contributed by atoms with E-state index in [9.17, 15) is 9.59 Å². The van der Waals surface area contributed by atoms with Crippen LogP contribution in [0.1, 0.15) is 38.7 Å². The highest BCUT2D eigenvalue weighted by Gasteiger charge is 2.39. The number of carbonyl (C=O) groups excluding carboxylic acids is 2. The molecular weight excluding hydrogens is 300 g/mol. The van der Waals surface area contributed by atoms with Gasteiger partial charge in [0.25, 0.3) is 0 Å². The zero-order valence-corrected chi connectivity index (χ0v) is 13.9. The Morgan fingerprint density at radius 1 is 1.14 bits per heavy atom. The first-order valence-electron chi connectivity index (χ1n) is 7.73. The summed E-state index contributed by atoms with van der Waals surface area (Å²) < 4.78 is 0. The summed E-state index contributed by atoms with van der Waals surface area (Å²) in [4.78, 5) is 26.8. The highest BCUT2D eigenvalue weighted by Crippen LogP contribution is 2.22. The summed E-state index contributed by atoms with van der Waals surface area (Å²) in [5, 5.41) is 3.51. The largest absolute Gasteiger partial charge is 0.351 e. The molecule has 1 aromatic carbocycles. The summed E-state index contributed by atoms with van der Waals surface area (Å²) in [5.74, 6) is -0.321. The van der Waals surface area contributed by atoms with Gasteiger partial charge >= 0.3 is 0 Å². The minimum atomic E-state index is -1.04. The van der Waals surface area contributed by atoms with Crippen molar-refractivity contribution in [3.8, 4) is 0 Å². The molecule has 2 amide bonds. The number of likely N-dealkylation sites (tertiary alicyclic amines) is 1. The molecule has 0 atom stereocenters. The monoisotopic (exact) mass is 322 g/mol. The maximum absolute atomic E-state index is 12.6. The predicted octanol–water partition coefficient (Wildman–Crippen LogP) is 2.99. The van der Waals surface area contributed by atoms with E-state index in [0.29, 0.717) is 11.6 Å². The van der Waals surface area contributed by atoms with Gasteiger partial charge in [0.05, 0.1) is 0 Å². The molecule has 0 spiro atoms. The molecule has 0 aromatic heterocycles. The lowest BCUT2D eigenvalue weighted by Crippen LogP contribution is -2.50. The Hall–Kier alpha value is -1.55. The van der Waals surface area contributed by atoms with E-state index in [1.54, 1.807) is 26.0 Å². The molecular formula is C17H23ClN2O2. The van der Waals surface area contributed by atoms with Crippen LogP contribution in [0.25, 0.3) is 0 Å². The molecule has 1 saturated heterocycles. The van der Waals surface area contributed by atoms with Crippen molar-refractivity contribution < 1.29 is 9.59 Å². The highest BCUT2D eigenvalue weighted by molar-refractivity contribution is 6.30. The first-order chi connectivity index (χ1) is 10.4. The van der Waals surface area contributed by atoms with Gasteiger partial charge in [-0.25, -0.2) is 0 Å². The Morgan fingerprint density at radius 3 is 2.32 bits per heavy atom. The molecule has 120 valence electrons. The van der Waals surface area contributed by atoms with Crippen molar-refractivity contribution in [1.29, 1.82) is 0 Å². The first-order valence-corrected chi connectivity index (χ1v) is 8.11. The minimum Gasteiger partial charge on any atom is -0.351 e. The molecule has 0 saturated carbocycles. The number of amides is 2. The van der Waals surface area contributed by atoms with Crippen molar-refractivity contribution in [1.82, 2.24) is 10.2 Å². The van der Waals surface area contributed by atoms with Crippen LogP contribution in [-0.4, -0.2) is 29.8 Å². The second kappa shape index (κ2) is 7.14. The molecule has 1 aromatic rings. The fourth-order valence-electron chi connectivity index (χ4n) is 2.59. The molecule has 0 aliphatic carbocycles. The van der Waals surface area contributed by atoms with Crippen molar-refractivity contribution >= 4 is 23.4 Å². The second-order valence-corrected chi connectivity index (χ2v) is 6.72. The number of hydrogen-bond acceptors (Lipinski definition) is 2. The van der Waals surface area contributed by atoms with E-state index in [1.165, 1.54) is 0 Å². The second-order valence-electron chi connectivity index (χ2n) is 6.29. The summed E-state index contributed by atoms with van der Waals surface area (Å²) in [6, 6.07) is 7.30. The Bertz CT molecular complexity index is 534. The first kappa shape index (κ1) is 16.8. The van der Waals surface area contributed by atoms with E-state index in [4.69, 9.17) is 11.6 Å². The van der Waals surface area contributed by atoms with Crippen LogP contribution in [0.2, 0.25) is 5.02 Å². The fourth-order valence-corrected chi connectivity index (χ4v) is 2.72. The molecule has 2 rings (SSSR count). The summed E-state index contributed by atoms with van der Waals surface area (Å²) in [5.41, 5.74) is -0.0806. The normalized spacial score (nSPS) is 15.5. The van der Waals surface area contributed by atoms with Crippen LogP contribution < -0.4 is 5.32 Å². The molecule has 1 heterocycles. The molecule has 5 heteroatoms. The third kappa shape index (κ3) is 4.01. The maximum Gasteiger partial charge on any atom is 0.237 e. The van der Waals surface area contributed by atoms with Gasteiger partial charge in [-0.15, -0.1) is 0 Å².